The number of anilines is 2. The first-order chi connectivity index (χ1) is 13.0. The summed E-state index contributed by atoms with van der Waals surface area (Å²) < 4.78 is 28.0. The first kappa shape index (κ1) is 18.4. The van der Waals surface area contributed by atoms with E-state index in [1.54, 1.807) is 23.7 Å². The van der Waals surface area contributed by atoms with E-state index in [1.165, 1.54) is 27.0 Å². The molecule has 3 aromatic rings. The van der Waals surface area contributed by atoms with Crippen molar-refractivity contribution in [3.05, 3.63) is 57.4 Å². The Labute approximate surface area is 166 Å². The van der Waals surface area contributed by atoms with E-state index in [0.29, 0.717) is 16.4 Å². The van der Waals surface area contributed by atoms with Gasteiger partial charge in [0.15, 0.2) is 0 Å². The summed E-state index contributed by atoms with van der Waals surface area (Å²) >= 11 is 2.69. The Kier molecular flexibility index (Phi) is 4.94. The van der Waals surface area contributed by atoms with Crippen molar-refractivity contribution in [3.63, 3.8) is 0 Å². The lowest BCUT2D eigenvalue weighted by Gasteiger charge is -2.24. The predicted octanol–water partition coefficient (Wildman–Crippen LogP) is 3.62. The van der Waals surface area contributed by atoms with E-state index in [9.17, 15) is 13.5 Å². The normalized spacial score (nSPS) is 16.1. The van der Waals surface area contributed by atoms with E-state index < -0.39 is 10.0 Å². The van der Waals surface area contributed by atoms with Gasteiger partial charge in [-0.25, -0.2) is 13.4 Å². The van der Waals surface area contributed by atoms with Crippen LogP contribution in [0.15, 0.2) is 46.1 Å². The molecule has 9 heteroatoms. The number of nitrogens with one attached hydrogen (secondary N) is 1. The summed E-state index contributed by atoms with van der Waals surface area (Å²) in [5, 5.41) is 15.4. The number of aliphatic hydroxyl groups excluding tert-OH is 1. The molecule has 6 nitrogen and oxygen atoms in total. The first-order valence-electron chi connectivity index (χ1n) is 8.54. The third-order valence-electron chi connectivity index (χ3n) is 4.49. The fourth-order valence-electron chi connectivity index (χ4n) is 3.27. The standard InChI is InChI=1S/C18H19N3O3S3/c1-2-21(27(23,24)16-7-4-8-25-16)15-6-3-5-12-9-14(20-17(12)15)18-19-10-13(11-22)26-18/h3-8,10,14,20,22H,2,9,11H2,1H3. The summed E-state index contributed by atoms with van der Waals surface area (Å²) in [6, 6.07) is 9.10. The van der Waals surface area contributed by atoms with Crippen LogP contribution in [0.5, 0.6) is 0 Å². The Bertz CT molecular complexity index is 1040. The van der Waals surface area contributed by atoms with Crippen molar-refractivity contribution in [2.75, 3.05) is 16.2 Å². The molecule has 2 N–H and O–H groups in total. The Hall–Kier alpha value is -1.94. The summed E-state index contributed by atoms with van der Waals surface area (Å²) in [7, 11) is -3.60. The minimum Gasteiger partial charge on any atom is -0.391 e. The van der Waals surface area contributed by atoms with Crippen molar-refractivity contribution in [1.29, 1.82) is 0 Å². The minimum atomic E-state index is -3.60. The van der Waals surface area contributed by atoms with Gasteiger partial charge in [-0.15, -0.1) is 22.7 Å². The molecule has 1 aliphatic rings. The van der Waals surface area contributed by atoms with Crippen molar-refractivity contribution >= 4 is 44.1 Å². The number of para-hydroxylation sites is 1. The Morgan fingerprint density at radius 1 is 1.33 bits per heavy atom. The molecule has 0 radical (unpaired) electrons. The third kappa shape index (κ3) is 3.25. The molecule has 2 aromatic heterocycles. The molecular formula is C18H19N3O3S3. The van der Waals surface area contributed by atoms with Gasteiger partial charge in [-0.3, -0.25) is 4.31 Å². The number of benzene rings is 1. The summed E-state index contributed by atoms with van der Waals surface area (Å²) in [6.07, 6.45) is 2.42. The number of nitrogens with zero attached hydrogens (tertiary/aromatic N) is 2. The highest BCUT2D eigenvalue weighted by atomic mass is 32.2. The molecule has 1 unspecified atom stereocenters. The van der Waals surface area contributed by atoms with E-state index in [4.69, 9.17) is 0 Å². The maximum absolute atomic E-state index is 13.1. The van der Waals surface area contributed by atoms with Crippen LogP contribution < -0.4 is 9.62 Å². The monoisotopic (exact) mass is 421 g/mol. The zero-order chi connectivity index (χ0) is 19.0. The highest BCUT2D eigenvalue weighted by molar-refractivity contribution is 7.94. The number of sulfonamides is 1. The number of thiazole rings is 1. The average Bonchev–Trinajstić information content (AvgIpc) is 3.40. The highest BCUT2D eigenvalue weighted by Gasteiger charge is 2.32. The van der Waals surface area contributed by atoms with E-state index in [0.717, 1.165) is 27.6 Å². The second-order valence-corrected chi connectivity index (χ2v) is 10.3. The molecule has 0 aliphatic carbocycles. The van der Waals surface area contributed by atoms with Crippen molar-refractivity contribution in [1.82, 2.24) is 4.98 Å². The van der Waals surface area contributed by atoms with E-state index in [-0.39, 0.29) is 12.6 Å². The fraction of sp³-hybridized carbons (Fsp3) is 0.278. The van der Waals surface area contributed by atoms with Crippen LogP contribution in [0.2, 0.25) is 0 Å². The van der Waals surface area contributed by atoms with Gasteiger partial charge in [-0.05, 0) is 30.0 Å². The zero-order valence-corrected chi connectivity index (χ0v) is 17.1. The molecule has 1 atom stereocenters. The average molecular weight is 422 g/mol. The van der Waals surface area contributed by atoms with Crippen LogP contribution in [0.3, 0.4) is 0 Å². The zero-order valence-electron chi connectivity index (χ0n) is 14.6. The Balaban J connectivity index is 1.70. The lowest BCUT2D eigenvalue weighted by atomic mass is 10.1. The molecule has 0 bridgehead atoms. The number of aliphatic hydroxyl groups is 1. The van der Waals surface area contributed by atoms with E-state index >= 15 is 0 Å². The van der Waals surface area contributed by atoms with Gasteiger partial charge in [0, 0.05) is 19.2 Å². The number of aromatic nitrogens is 1. The molecule has 0 saturated carbocycles. The molecular weight excluding hydrogens is 402 g/mol. The lowest BCUT2D eigenvalue weighted by molar-refractivity contribution is 0.285. The topological polar surface area (TPSA) is 82.5 Å². The highest BCUT2D eigenvalue weighted by Crippen LogP contribution is 2.43. The SMILES string of the molecule is CCN(c1cccc2c1NC(c1ncc(CO)s1)C2)S(=O)(=O)c1cccs1. The fourth-order valence-corrected chi connectivity index (χ4v) is 6.69. The van der Waals surface area contributed by atoms with Crippen LogP contribution in [0.1, 0.15) is 28.4 Å². The van der Waals surface area contributed by atoms with Crippen LogP contribution in [0, 0.1) is 0 Å². The predicted molar refractivity (Wildman–Crippen MR) is 109 cm³/mol. The number of hydrogen-bond acceptors (Lipinski definition) is 7. The largest absolute Gasteiger partial charge is 0.391 e. The number of rotatable bonds is 6. The molecule has 4 rings (SSSR count). The molecule has 27 heavy (non-hydrogen) atoms. The molecule has 0 amide bonds. The summed E-state index contributed by atoms with van der Waals surface area (Å²) in [4.78, 5) is 5.22. The summed E-state index contributed by atoms with van der Waals surface area (Å²) in [5.41, 5.74) is 2.56. The van der Waals surface area contributed by atoms with Crippen molar-refractivity contribution in [3.8, 4) is 0 Å². The van der Waals surface area contributed by atoms with Gasteiger partial charge in [0.2, 0.25) is 0 Å². The lowest BCUT2D eigenvalue weighted by Crippen LogP contribution is -2.30. The van der Waals surface area contributed by atoms with Gasteiger partial charge in [0.1, 0.15) is 9.22 Å². The molecule has 0 spiro atoms. The maximum atomic E-state index is 13.1. The second kappa shape index (κ2) is 7.23. The molecule has 1 aromatic carbocycles. The number of fused-ring (bicyclic) bond motifs is 1. The van der Waals surface area contributed by atoms with Crippen LogP contribution in [-0.2, 0) is 23.1 Å². The van der Waals surface area contributed by atoms with Crippen molar-refractivity contribution < 1.29 is 13.5 Å². The first-order valence-corrected chi connectivity index (χ1v) is 11.7. The second-order valence-electron chi connectivity index (χ2n) is 6.14. The molecule has 142 valence electrons. The Morgan fingerprint density at radius 3 is 2.85 bits per heavy atom. The molecule has 1 aliphatic heterocycles. The van der Waals surface area contributed by atoms with Crippen molar-refractivity contribution in [2.45, 2.75) is 30.2 Å². The summed E-state index contributed by atoms with van der Waals surface area (Å²) in [5.74, 6) is 0. The number of thiophene rings is 1. The summed E-state index contributed by atoms with van der Waals surface area (Å²) in [6.45, 7) is 2.16. The maximum Gasteiger partial charge on any atom is 0.273 e. The smallest absolute Gasteiger partial charge is 0.273 e. The molecule has 3 heterocycles. The van der Waals surface area contributed by atoms with E-state index in [2.05, 4.69) is 10.3 Å². The van der Waals surface area contributed by atoms with Gasteiger partial charge in [-0.1, -0.05) is 18.2 Å². The van der Waals surface area contributed by atoms with Gasteiger partial charge < -0.3 is 10.4 Å². The molecule has 0 saturated heterocycles. The van der Waals surface area contributed by atoms with Crippen LogP contribution in [-0.4, -0.2) is 25.1 Å². The molecule has 0 fully saturated rings. The Morgan fingerprint density at radius 2 is 2.19 bits per heavy atom. The number of hydrogen-bond donors (Lipinski definition) is 2. The van der Waals surface area contributed by atoms with Crippen LogP contribution in [0.25, 0.3) is 0 Å². The van der Waals surface area contributed by atoms with Gasteiger partial charge in [0.05, 0.1) is 28.9 Å². The van der Waals surface area contributed by atoms with Crippen molar-refractivity contribution in [2.24, 2.45) is 0 Å². The van der Waals surface area contributed by atoms with Gasteiger partial charge in [-0.2, -0.15) is 0 Å². The van der Waals surface area contributed by atoms with Crippen LogP contribution >= 0.6 is 22.7 Å². The van der Waals surface area contributed by atoms with Gasteiger partial charge >= 0.3 is 0 Å². The third-order valence-corrected chi connectivity index (χ3v) is 8.85. The minimum absolute atomic E-state index is 0.0189. The van der Waals surface area contributed by atoms with Gasteiger partial charge in [0.25, 0.3) is 10.0 Å². The quantitative estimate of drug-likeness (QED) is 0.635. The van der Waals surface area contributed by atoms with E-state index in [1.807, 2.05) is 25.1 Å². The van der Waals surface area contributed by atoms with Crippen LogP contribution in [0.4, 0.5) is 11.4 Å².